The SMILES string of the molecule is [O-][S+](c1ccccc1Cl)N1CCN2CCCCC2C1. The Labute approximate surface area is 122 Å². The van der Waals surface area contributed by atoms with Crippen LogP contribution in [0.4, 0.5) is 0 Å². The quantitative estimate of drug-likeness (QED) is 0.786. The third kappa shape index (κ3) is 2.93. The van der Waals surface area contributed by atoms with Gasteiger partial charge in [0.25, 0.3) is 0 Å². The molecule has 5 heteroatoms. The van der Waals surface area contributed by atoms with Crippen molar-refractivity contribution in [2.45, 2.75) is 30.2 Å². The lowest BCUT2D eigenvalue weighted by molar-refractivity contribution is 0.0851. The van der Waals surface area contributed by atoms with Crippen LogP contribution in [-0.2, 0) is 11.4 Å². The minimum absolute atomic E-state index is 0.578. The Kier molecular flexibility index (Phi) is 4.34. The molecule has 0 aromatic heterocycles. The van der Waals surface area contributed by atoms with Crippen LogP contribution in [0.2, 0.25) is 5.02 Å². The highest BCUT2D eigenvalue weighted by atomic mass is 35.5. The summed E-state index contributed by atoms with van der Waals surface area (Å²) in [6.45, 7) is 4.00. The summed E-state index contributed by atoms with van der Waals surface area (Å²) in [5.41, 5.74) is 0. The molecule has 2 fully saturated rings. The number of rotatable bonds is 2. The Morgan fingerprint density at radius 2 is 2.00 bits per heavy atom. The van der Waals surface area contributed by atoms with Crippen molar-refractivity contribution in [3.8, 4) is 0 Å². The van der Waals surface area contributed by atoms with Crippen LogP contribution in [0.15, 0.2) is 29.2 Å². The number of halogens is 1. The Balaban J connectivity index is 1.71. The van der Waals surface area contributed by atoms with Crippen molar-refractivity contribution in [1.29, 1.82) is 0 Å². The van der Waals surface area contributed by atoms with Gasteiger partial charge >= 0.3 is 0 Å². The van der Waals surface area contributed by atoms with E-state index < -0.39 is 11.4 Å². The number of nitrogens with zero attached hydrogens (tertiary/aromatic N) is 2. The van der Waals surface area contributed by atoms with Crippen LogP contribution >= 0.6 is 11.6 Å². The van der Waals surface area contributed by atoms with E-state index in [2.05, 4.69) is 9.21 Å². The first-order chi connectivity index (χ1) is 9.25. The predicted molar refractivity (Wildman–Crippen MR) is 78.6 cm³/mol. The molecule has 19 heavy (non-hydrogen) atoms. The first kappa shape index (κ1) is 13.7. The fourth-order valence-corrected chi connectivity index (χ4v) is 4.60. The summed E-state index contributed by atoms with van der Waals surface area (Å²) in [5, 5.41) is 0.604. The Morgan fingerprint density at radius 1 is 1.16 bits per heavy atom. The van der Waals surface area contributed by atoms with Crippen molar-refractivity contribution in [2.24, 2.45) is 0 Å². The second kappa shape index (κ2) is 6.02. The number of piperazine rings is 1. The van der Waals surface area contributed by atoms with Crippen molar-refractivity contribution < 1.29 is 4.55 Å². The third-order valence-corrected chi connectivity index (χ3v) is 6.03. The van der Waals surface area contributed by atoms with Gasteiger partial charge in [-0.15, -0.1) is 4.31 Å². The normalized spacial score (nSPS) is 26.9. The molecular weight excluding hydrogens is 280 g/mol. The maximum Gasteiger partial charge on any atom is 0.192 e. The molecule has 2 aliphatic heterocycles. The molecular formula is C14H19ClN2OS. The molecule has 3 rings (SSSR count). The molecule has 0 radical (unpaired) electrons. The average molecular weight is 299 g/mol. The van der Waals surface area contributed by atoms with Crippen LogP contribution in [0.5, 0.6) is 0 Å². The van der Waals surface area contributed by atoms with Gasteiger partial charge in [-0.25, -0.2) is 0 Å². The molecule has 104 valence electrons. The molecule has 0 bridgehead atoms. The van der Waals surface area contributed by atoms with E-state index in [1.54, 1.807) is 0 Å². The first-order valence-corrected chi connectivity index (χ1v) is 8.39. The van der Waals surface area contributed by atoms with Crippen molar-refractivity contribution in [1.82, 2.24) is 9.21 Å². The number of fused-ring (bicyclic) bond motifs is 1. The number of benzene rings is 1. The fraction of sp³-hybridized carbons (Fsp3) is 0.571. The molecule has 0 N–H and O–H groups in total. The molecule has 2 saturated heterocycles. The van der Waals surface area contributed by atoms with E-state index in [1.807, 2.05) is 24.3 Å². The van der Waals surface area contributed by atoms with Crippen molar-refractivity contribution in [3.05, 3.63) is 29.3 Å². The van der Waals surface area contributed by atoms with Gasteiger partial charge in [-0.05, 0) is 31.5 Å². The van der Waals surface area contributed by atoms with E-state index in [1.165, 1.54) is 25.8 Å². The van der Waals surface area contributed by atoms with Gasteiger partial charge in [0, 0.05) is 12.6 Å². The van der Waals surface area contributed by atoms with Crippen LogP contribution in [0.1, 0.15) is 19.3 Å². The predicted octanol–water partition coefficient (Wildman–Crippen LogP) is 2.53. The molecule has 0 aliphatic carbocycles. The topological polar surface area (TPSA) is 29.5 Å². The fourth-order valence-electron chi connectivity index (χ4n) is 3.00. The summed E-state index contributed by atoms with van der Waals surface area (Å²) in [6, 6.07) is 8.03. The van der Waals surface area contributed by atoms with Crippen molar-refractivity contribution in [2.75, 3.05) is 26.2 Å². The second-order valence-electron chi connectivity index (χ2n) is 5.25. The summed E-state index contributed by atoms with van der Waals surface area (Å²) in [7, 11) is 0. The molecule has 1 aromatic rings. The highest BCUT2D eigenvalue weighted by molar-refractivity contribution is 7.89. The lowest BCUT2D eigenvalue weighted by Gasteiger charge is -2.43. The lowest BCUT2D eigenvalue weighted by Crippen LogP contribution is -2.56. The van der Waals surface area contributed by atoms with Crippen molar-refractivity contribution in [3.63, 3.8) is 0 Å². The molecule has 0 spiro atoms. The zero-order valence-electron chi connectivity index (χ0n) is 10.9. The van der Waals surface area contributed by atoms with E-state index in [4.69, 9.17) is 11.6 Å². The van der Waals surface area contributed by atoms with Gasteiger partial charge in [0.15, 0.2) is 4.90 Å². The average Bonchev–Trinajstić information content (AvgIpc) is 2.46. The van der Waals surface area contributed by atoms with E-state index in [-0.39, 0.29) is 0 Å². The molecule has 2 unspecified atom stereocenters. The smallest absolute Gasteiger partial charge is 0.192 e. The third-order valence-electron chi connectivity index (χ3n) is 4.06. The number of piperidine rings is 1. The molecule has 0 saturated carbocycles. The maximum absolute atomic E-state index is 12.6. The van der Waals surface area contributed by atoms with E-state index in [0.717, 1.165) is 24.5 Å². The highest BCUT2D eigenvalue weighted by Crippen LogP contribution is 2.28. The molecule has 2 atom stereocenters. The second-order valence-corrected chi connectivity index (χ2v) is 7.11. The van der Waals surface area contributed by atoms with Gasteiger partial charge in [-0.2, -0.15) is 0 Å². The summed E-state index contributed by atoms with van der Waals surface area (Å²) in [6.07, 6.45) is 3.84. The summed E-state index contributed by atoms with van der Waals surface area (Å²) in [4.78, 5) is 3.29. The molecule has 2 heterocycles. The van der Waals surface area contributed by atoms with Gasteiger partial charge in [-0.3, -0.25) is 4.90 Å². The minimum atomic E-state index is -1.12. The lowest BCUT2D eigenvalue weighted by atomic mass is 10.0. The Hall–Kier alpha value is -0.260. The molecule has 0 amide bonds. The molecule has 1 aromatic carbocycles. The zero-order valence-corrected chi connectivity index (χ0v) is 12.5. The number of hydrogen-bond donors (Lipinski definition) is 0. The van der Waals surface area contributed by atoms with E-state index in [0.29, 0.717) is 11.1 Å². The summed E-state index contributed by atoms with van der Waals surface area (Å²) >= 11 is 5.02. The monoisotopic (exact) mass is 298 g/mol. The first-order valence-electron chi connectivity index (χ1n) is 6.91. The Morgan fingerprint density at radius 3 is 2.84 bits per heavy atom. The van der Waals surface area contributed by atoms with Crippen LogP contribution in [0, 0.1) is 0 Å². The van der Waals surface area contributed by atoms with Crippen LogP contribution < -0.4 is 0 Å². The van der Waals surface area contributed by atoms with Gasteiger partial charge in [0.05, 0.1) is 29.5 Å². The van der Waals surface area contributed by atoms with Crippen LogP contribution in [-0.4, -0.2) is 46.0 Å². The van der Waals surface area contributed by atoms with E-state index in [9.17, 15) is 4.55 Å². The standard InChI is InChI=1S/C14H19ClN2OS/c15-13-6-1-2-7-14(13)19(18)17-10-9-16-8-4-3-5-12(16)11-17/h1-2,6-7,12H,3-5,8-11H2. The van der Waals surface area contributed by atoms with Crippen LogP contribution in [0.25, 0.3) is 0 Å². The van der Waals surface area contributed by atoms with Gasteiger partial charge < -0.3 is 4.55 Å². The maximum atomic E-state index is 12.6. The minimum Gasteiger partial charge on any atom is -0.593 e. The van der Waals surface area contributed by atoms with Gasteiger partial charge in [0.1, 0.15) is 0 Å². The zero-order chi connectivity index (χ0) is 13.2. The van der Waals surface area contributed by atoms with Crippen LogP contribution in [0.3, 0.4) is 0 Å². The molecule has 3 nitrogen and oxygen atoms in total. The largest absolute Gasteiger partial charge is 0.593 e. The number of hydrogen-bond acceptors (Lipinski definition) is 3. The van der Waals surface area contributed by atoms with Gasteiger partial charge in [-0.1, -0.05) is 30.2 Å². The Bertz CT molecular complexity index is 445. The molecule has 2 aliphatic rings. The van der Waals surface area contributed by atoms with Gasteiger partial charge in [0.2, 0.25) is 0 Å². The van der Waals surface area contributed by atoms with Crippen molar-refractivity contribution >= 4 is 23.0 Å². The highest BCUT2D eigenvalue weighted by Gasteiger charge is 2.35. The van der Waals surface area contributed by atoms with E-state index >= 15 is 0 Å². The summed E-state index contributed by atoms with van der Waals surface area (Å²) in [5.74, 6) is 0. The summed E-state index contributed by atoms with van der Waals surface area (Å²) < 4.78 is 14.7.